The Kier molecular flexibility index (Phi) is 49.1. The standard InChI is InChI=1S/C58H103NO5/c1-4-7-10-13-16-19-22-25-28-30-33-36-39-42-45-48-51-58(63)64-54(49-46-43-40-37-34-31-27-24-21-18-15-12-9-6-3)52-57(62)59-55(53-60)56(61)50-47-44-41-38-35-32-29-26-23-20-17-14-11-8-5-2/h9,12,18,21,27-28,30-31,33,36-37,40,54-56,60-61H,4-8,10-11,13-17,19-20,22-26,29,32,34-35,38-39,41-53H2,1-3H3,(H,59,62)/b12-9+,21-18+,30-28+,31-27+,36-33+,40-37+. The Morgan fingerprint density at radius 2 is 0.906 bits per heavy atom. The minimum absolute atomic E-state index is 0.0272. The number of carbonyl (C=O) groups is 2. The molecule has 0 saturated heterocycles. The fourth-order valence-electron chi connectivity index (χ4n) is 7.95. The van der Waals surface area contributed by atoms with Gasteiger partial charge in [0.2, 0.25) is 5.91 Å². The van der Waals surface area contributed by atoms with Crippen molar-refractivity contribution in [1.82, 2.24) is 5.32 Å². The van der Waals surface area contributed by atoms with Crippen LogP contribution in [0.4, 0.5) is 0 Å². The topological polar surface area (TPSA) is 95.9 Å². The quantitative estimate of drug-likeness (QED) is 0.0245. The number of hydrogen-bond donors (Lipinski definition) is 3. The molecule has 0 heterocycles. The molecule has 0 aromatic rings. The number of nitrogens with one attached hydrogen (secondary N) is 1. The molecule has 3 N–H and O–H groups in total. The molecule has 0 aliphatic rings. The molecule has 6 nitrogen and oxygen atoms in total. The van der Waals surface area contributed by atoms with Crippen LogP contribution in [0.1, 0.15) is 258 Å². The molecular formula is C58H103NO5. The van der Waals surface area contributed by atoms with Gasteiger partial charge in [-0.15, -0.1) is 0 Å². The Morgan fingerprint density at radius 3 is 1.39 bits per heavy atom. The summed E-state index contributed by atoms with van der Waals surface area (Å²) in [7, 11) is 0. The third kappa shape index (κ3) is 45.9. The van der Waals surface area contributed by atoms with Crippen molar-refractivity contribution < 1.29 is 24.5 Å². The van der Waals surface area contributed by atoms with Gasteiger partial charge in [-0.3, -0.25) is 9.59 Å². The Morgan fingerprint density at radius 1 is 0.484 bits per heavy atom. The maximum atomic E-state index is 13.2. The molecule has 0 saturated carbocycles. The molecular weight excluding hydrogens is 791 g/mol. The van der Waals surface area contributed by atoms with Crippen LogP contribution in [-0.2, 0) is 14.3 Å². The molecule has 0 bridgehead atoms. The summed E-state index contributed by atoms with van der Waals surface area (Å²) in [5.74, 6) is -0.559. The van der Waals surface area contributed by atoms with Crippen LogP contribution in [0.25, 0.3) is 0 Å². The average molecular weight is 894 g/mol. The van der Waals surface area contributed by atoms with E-state index in [2.05, 4.69) is 99.0 Å². The number of unbranched alkanes of at least 4 members (excludes halogenated alkanes) is 25. The van der Waals surface area contributed by atoms with Crippen LogP contribution in [-0.4, -0.2) is 46.9 Å². The van der Waals surface area contributed by atoms with Crippen LogP contribution in [0.5, 0.6) is 0 Å². The highest BCUT2D eigenvalue weighted by Crippen LogP contribution is 2.17. The second-order valence-electron chi connectivity index (χ2n) is 18.3. The maximum Gasteiger partial charge on any atom is 0.306 e. The Bertz CT molecular complexity index is 1190. The van der Waals surface area contributed by atoms with Crippen molar-refractivity contribution in [2.45, 2.75) is 277 Å². The van der Waals surface area contributed by atoms with Gasteiger partial charge in [0, 0.05) is 6.42 Å². The van der Waals surface area contributed by atoms with Crippen molar-refractivity contribution in [1.29, 1.82) is 0 Å². The predicted molar refractivity (Wildman–Crippen MR) is 278 cm³/mol. The maximum absolute atomic E-state index is 13.2. The van der Waals surface area contributed by atoms with E-state index in [1.165, 1.54) is 122 Å². The van der Waals surface area contributed by atoms with E-state index in [1.54, 1.807) is 0 Å². The van der Waals surface area contributed by atoms with E-state index in [0.717, 1.165) is 89.9 Å². The highest BCUT2D eigenvalue weighted by Gasteiger charge is 2.24. The summed E-state index contributed by atoms with van der Waals surface area (Å²) in [4.78, 5) is 26.2. The van der Waals surface area contributed by atoms with E-state index < -0.39 is 18.2 Å². The summed E-state index contributed by atoms with van der Waals surface area (Å²) in [6, 6.07) is -0.727. The molecule has 6 heteroatoms. The fourth-order valence-corrected chi connectivity index (χ4v) is 7.95. The minimum atomic E-state index is -0.809. The first-order valence-corrected chi connectivity index (χ1v) is 27.2. The molecule has 370 valence electrons. The van der Waals surface area contributed by atoms with E-state index in [-0.39, 0.29) is 24.9 Å². The Hall–Kier alpha value is -2.70. The summed E-state index contributed by atoms with van der Waals surface area (Å²) >= 11 is 0. The number of carbonyl (C=O) groups excluding carboxylic acids is 2. The first kappa shape index (κ1) is 61.3. The van der Waals surface area contributed by atoms with Gasteiger partial charge in [-0.05, 0) is 83.5 Å². The van der Waals surface area contributed by atoms with Crippen LogP contribution in [0.3, 0.4) is 0 Å². The molecule has 0 fully saturated rings. The first-order valence-electron chi connectivity index (χ1n) is 27.2. The zero-order valence-corrected chi connectivity index (χ0v) is 42.1. The SMILES string of the molecule is CC/C=C/C/C=C/C/C=C/C/C=C/CCCC(CC(=O)NC(CO)C(O)CCCCCCCCCCCCCCCCC)OC(=O)CCCCC/C=C/C=C/CCCCCCCCC. The van der Waals surface area contributed by atoms with E-state index in [1.807, 2.05) is 0 Å². The third-order valence-electron chi connectivity index (χ3n) is 12.0. The van der Waals surface area contributed by atoms with E-state index in [4.69, 9.17) is 4.74 Å². The minimum Gasteiger partial charge on any atom is -0.462 e. The second kappa shape index (κ2) is 51.3. The molecule has 64 heavy (non-hydrogen) atoms. The molecule has 3 unspecified atom stereocenters. The molecule has 1 amide bonds. The van der Waals surface area contributed by atoms with Crippen molar-refractivity contribution in [3.63, 3.8) is 0 Å². The lowest BCUT2D eigenvalue weighted by Gasteiger charge is -2.24. The zero-order valence-electron chi connectivity index (χ0n) is 42.1. The molecule has 0 rings (SSSR count). The van der Waals surface area contributed by atoms with Crippen molar-refractivity contribution in [3.8, 4) is 0 Å². The molecule has 0 radical (unpaired) electrons. The number of rotatable bonds is 48. The number of hydrogen-bond acceptors (Lipinski definition) is 5. The lowest BCUT2D eigenvalue weighted by atomic mass is 10.0. The van der Waals surface area contributed by atoms with Crippen LogP contribution < -0.4 is 5.32 Å². The summed E-state index contributed by atoms with van der Waals surface area (Å²) < 4.78 is 5.90. The van der Waals surface area contributed by atoms with Gasteiger partial charge < -0.3 is 20.3 Å². The Labute approximate surface area is 396 Å². The lowest BCUT2D eigenvalue weighted by Crippen LogP contribution is -2.46. The highest BCUT2D eigenvalue weighted by molar-refractivity contribution is 5.77. The number of amides is 1. The summed E-state index contributed by atoms with van der Waals surface area (Å²) in [6.45, 7) is 6.35. The Balaban J connectivity index is 4.67. The average Bonchev–Trinajstić information content (AvgIpc) is 3.29. The third-order valence-corrected chi connectivity index (χ3v) is 12.0. The summed E-state index contributed by atoms with van der Waals surface area (Å²) in [5, 5.41) is 23.8. The van der Waals surface area contributed by atoms with Gasteiger partial charge in [-0.25, -0.2) is 0 Å². The van der Waals surface area contributed by atoms with Gasteiger partial charge in [-0.2, -0.15) is 0 Å². The monoisotopic (exact) mass is 894 g/mol. The molecule has 3 atom stereocenters. The van der Waals surface area contributed by atoms with Gasteiger partial charge in [0.25, 0.3) is 0 Å². The normalized spacial score (nSPS) is 13.8. The van der Waals surface area contributed by atoms with Crippen molar-refractivity contribution >= 4 is 11.9 Å². The number of aliphatic hydroxyl groups excluding tert-OH is 2. The summed E-state index contributed by atoms with van der Waals surface area (Å²) in [5.41, 5.74) is 0. The van der Waals surface area contributed by atoms with E-state index >= 15 is 0 Å². The zero-order chi connectivity index (χ0) is 46.7. The fraction of sp³-hybridized carbons (Fsp3) is 0.759. The van der Waals surface area contributed by atoms with Gasteiger partial charge >= 0.3 is 5.97 Å². The molecule has 0 aromatic heterocycles. The van der Waals surface area contributed by atoms with Crippen LogP contribution in [0, 0.1) is 0 Å². The molecule has 0 aromatic carbocycles. The lowest BCUT2D eigenvalue weighted by molar-refractivity contribution is -0.151. The molecule has 0 spiro atoms. The van der Waals surface area contributed by atoms with Crippen LogP contribution in [0.2, 0.25) is 0 Å². The predicted octanol–water partition coefficient (Wildman–Crippen LogP) is 16.6. The largest absolute Gasteiger partial charge is 0.462 e. The highest BCUT2D eigenvalue weighted by atomic mass is 16.5. The molecule has 0 aliphatic heterocycles. The van der Waals surface area contributed by atoms with Crippen LogP contribution >= 0.6 is 0 Å². The van der Waals surface area contributed by atoms with E-state index in [0.29, 0.717) is 19.3 Å². The summed E-state index contributed by atoms with van der Waals surface area (Å²) in [6.07, 6.45) is 65.4. The number of allylic oxidation sites excluding steroid dienone is 12. The van der Waals surface area contributed by atoms with E-state index in [9.17, 15) is 19.8 Å². The van der Waals surface area contributed by atoms with Crippen LogP contribution in [0.15, 0.2) is 72.9 Å². The van der Waals surface area contributed by atoms with Crippen molar-refractivity contribution in [3.05, 3.63) is 72.9 Å². The van der Waals surface area contributed by atoms with Crippen molar-refractivity contribution in [2.24, 2.45) is 0 Å². The molecule has 0 aliphatic carbocycles. The number of aliphatic hydroxyl groups is 2. The number of esters is 1. The van der Waals surface area contributed by atoms with Crippen molar-refractivity contribution in [2.75, 3.05) is 6.61 Å². The van der Waals surface area contributed by atoms with Gasteiger partial charge in [0.1, 0.15) is 6.10 Å². The van der Waals surface area contributed by atoms with Gasteiger partial charge in [0.15, 0.2) is 0 Å². The first-order chi connectivity index (χ1) is 31.5. The van der Waals surface area contributed by atoms with Gasteiger partial charge in [0.05, 0.1) is 25.2 Å². The second-order valence-corrected chi connectivity index (χ2v) is 18.3. The smallest absolute Gasteiger partial charge is 0.306 e. The van der Waals surface area contributed by atoms with Gasteiger partial charge in [-0.1, -0.05) is 235 Å². The number of ether oxygens (including phenoxy) is 1.